The highest BCUT2D eigenvalue weighted by Crippen LogP contribution is 2.07. The van der Waals surface area contributed by atoms with Gasteiger partial charge in [0.2, 0.25) is 0 Å². The number of hydrogen-bond donors (Lipinski definition) is 1. The molecule has 1 aromatic carbocycles. The fourth-order valence-electron chi connectivity index (χ4n) is 1.87. The van der Waals surface area contributed by atoms with Gasteiger partial charge in [-0.2, -0.15) is 0 Å². The van der Waals surface area contributed by atoms with Crippen LogP contribution in [0.2, 0.25) is 0 Å². The molecule has 0 aromatic heterocycles. The Morgan fingerprint density at radius 3 is 2.83 bits per heavy atom. The van der Waals surface area contributed by atoms with Crippen LogP contribution in [0.1, 0.15) is 12.0 Å². The maximum atomic E-state index is 12.7. The van der Waals surface area contributed by atoms with Crippen molar-refractivity contribution >= 4 is 6.03 Å². The van der Waals surface area contributed by atoms with E-state index in [0.717, 1.165) is 12.0 Å². The van der Waals surface area contributed by atoms with Gasteiger partial charge in [0.05, 0.1) is 12.6 Å². The summed E-state index contributed by atoms with van der Waals surface area (Å²) in [6.07, 6.45) is 0.857. The van der Waals surface area contributed by atoms with Crippen LogP contribution in [0.3, 0.4) is 0 Å². The van der Waals surface area contributed by atoms with Crippen molar-refractivity contribution in [3.05, 3.63) is 35.6 Å². The minimum Gasteiger partial charge on any atom is -0.379 e. The molecule has 98 valence electrons. The molecule has 1 fully saturated rings. The van der Waals surface area contributed by atoms with Crippen LogP contribution in [0.15, 0.2) is 24.3 Å². The highest BCUT2D eigenvalue weighted by molar-refractivity contribution is 5.74. The summed E-state index contributed by atoms with van der Waals surface area (Å²) in [5.74, 6) is -0.269. The molecule has 1 heterocycles. The lowest BCUT2D eigenvalue weighted by atomic mass is 10.2. The van der Waals surface area contributed by atoms with Crippen LogP contribution in [0.25, 0.3) is 0 Å². The number of carbonyl (C=O) groups is 1. The lowest BCUT2D eigenvalue weighted by Gasteiger charge is -2.20. The van der Waals surface area contributed by atoms with Crippen LogP contribution < -0.4 is 5.32 Å². The Balaban J connectivity index is 1.84. The first-order chi connectivity index (χ1) is 8.65. The number of urea groups is 1. The fourth-order valence-corrected chi connectivity index (χ4v) is 1.87. The number of rotatable bonds is 3. The van der Waals surface area contributed by atoms with Gasteiger partial charge < -0.3 is 15.0 Å². The molecule has 18 heavy (non-hydrogen) atoms. The third-order valence-corrected chi connectivity index (χ3v) is 2.94. The van der Waals surface area contributed by atoms with E-state index >= 15 is 0 Å². The van der Waals surface area contributed by atoms with E-state index in [0.29, 0.717) is 19.8 Å². The Bertz CT molecular complexity index is 402. The summed E-state index contributed by atoms with van der Waals surface area (Å²) in [6.45, 7) is 1.74. The Labute approximate surface area is 106 Å². The molecular weight excluding hydrogens is 235 g/mol. The second-order valence-corrected chi connectivity index (χ2v) is 4.49. The number of ether oxygens (including phenoxy) is 1. The molecule has 4 nitrogen and oxygen atoms in total. The van der Waals surface area contributed by atoms with Crippen molar-refractivity contribution in [2.24, 2.45) is 0 Å². The van der Waals surface area contributed by atoms with Crippen molar-refractivity contribution in [3.63, 3.8) is 0 Å². The molecule has 0 saturated carbocycles. The zero-order valence-electron chi connectivity index (χ0n) is 10.4. The van der Waals surface area contributed by atoms with Crippen molar-refractivity contribution in [1.29, 1.82) is 0 Å². The topological polar surface area (TPSA) is 41.6 Å². The lowest BCUT2D eigenvalue weighted by molar-refractivity contribution is 0.181. The molecule has 0 aliphatic carbocycles. The summed E-state index contributed by atoms with van der Waals surface area (Å²) in [5, 5.41) is 2.90. The maximum absolute atomic E-state index is 12.7. The van der Waals surface area contributed by atoms with E-state index in [1.807, 2.05) is 0 Å². The smallest absolute Gasteiger partial charge is 0.317 e. The Kier molecular flexibility index (Phi) is 4.15. The summed E-state index contributed by atoms with van der Waals surface area (Å²) in [6, 6.07) is 6.12. The third-order valence-electron chi connectivity index (χ3n) is 2.94. The average molecular weight is 252 g/mol. The van der Waals surface area contributed by atoms with Crippen molar-refractivity contribution in [3.8, 4) is 0 Å². The van der Waals surface area contributed by atoms with E-state index in [4.69, 9.17) is 4.74 Å². The zero-order valence-corrected chi connectivity index (χ0v) is 10.4. The number of nitrogens with zero attached hydrogens (tertiary/aromatic N) is 1. The van der Waals surface area contributed by atoms with Gasteiger partial charge in [-0.1, -0.05) is 12.1 Å². The summed E-state index contributed by atoms with van der Waals surface area (Å²) < 4.78 is 17.9. The minimum atomic E-state index is -0.269. The van der Waals surface area contributed by atoms with Crippen LogP contribution >= 0.6 is 0 Å². The van der Waals surface area contributed by atoms with Gasteiger partial charge in [-0.3, -0.25) is 0 Å². The zero-order chi connectivity index (χ0) is 13.0. The van der Waals surface area contributed by atoms with E-state index in [2.05, 4.69) is 5.32 Å². The predicted molar refractivity (Wildman–Crippen MR) is 65.6 cm³/mol. The first kappa shape index (κ1) is 12.8. The highest BCUT2D eigenvalue weighted by atomic mass is 19.1. The summed E-state index contributed by atoms with van der Waals surface area (Å²) in [7, 11) is 1.72. The van der Waals surface area contributed by atoms with Crippen molar-refractivity contribution < 1.29 is 13.9 Å². The van der Waals surface area contributed by atoms with Gasteiger partial charge in [0.25, 0.3) is 0 Å². The van der Waals surface area contributed by atoms with E-state index in [1.54, 1.807) is 24.1 Å². The number of hydrogen-bond acceptors (Lipinski definition) is 2. The molecule has 1 atom stereocenters. The number of carbonyl (C=O) groups excluding carboxylic acids is 1. The molecule has 0 radical (unpaired) electrons. The molecule has 1 saturated heterocycles. The quantitative estimate of drug-likeness (QED) is 0.890. The van der Waals surface area contributed by atoms with E-state index in [9.17, 15) is 9.18 Å². The fraction of sp³-hybridized carbons (Fsp3) is 0.462. The van der Waals surface area contributed by atoms with E-state index < -0.39 is 0 Å². The SMILES string of the molecule is CN(Cc1ccc(F)cc1)C(=O)NC1CCOC1. The summed E-state index contributed by atoms with van der Waals surface area (Å²) >= 11 is 0. The molecule has 1 unspecified atom stereocenters. The molecule has 1 aromatic rings. The van der Waals surface area contributed by atoms with E-state index in [-0.39, 0.29) is 17.9 Å². The number of benzene rings is 1. The lowest BCUT2D eigenvalue weighted by Crippen LogP contribution is -2.43. The van der Waals surface area contributed by atoms with Crippen LogP contribution in [0.5, 0.6) is 0 Å². The number of amides is 2. The minimum absolute atomic E-state index is 0.105. The highest BCUT2D eigenvalue weighted by Gasteiger charge is 2.19. The van der Waals surface area contributed by atoms with Gasteiger partial charge in [0, 0.05) is 20.2 Å². The van der Waals surface area contributed by atoms with Gasteiger partial charge in [0.15, 0.2) is 0 Å². The molecule has 2 rings (SSSR count). The Morgan fingerprint density at radius 2 is 2.22 bits per heavy atom. The maximum Gasteiger partial charge on any atom is 0.317 e. The molecule has 1 aliphatic rings. The van der Waals surface area contributed by atoms with Crippen molar-refractivity contribution in [1.82, 2.24) is 10.2 Å². The second kappa shape index (κ2) is 5.82. The van der Waals surface area contributed by atoms with Crippen LogP contribution in [0, 0.1) is 5.82 Å². The predicted octanol–water partition coefficient (Wildman–Crippen LogP) is 1.76. The average Bonchev–Trinajstić information content (AvgIpc) is 2.85. The molecule has 0 spiro atoms. The first-order valence-electron chi connectivity index (χ1n) is 5.99. The monoisotopic (exact) mass is 252 g/mol. The molecule has 0 bridgehead atoms. The van der Waals surface area contributed by atoms with E-state index in [1.165, 1.54) is 12.1 Å². The van der Waals surface area contributed by atoms with Gasteiger partial charge in [-0.05, 0) is 24.1 Å². The van der Waals surface area contributed by atoms with Gasteiger partial charge in [0.1, 0.15) is 5.82 Å². The van der Waals surface area contributed by atoms with Gasteiger partial charge >= 0.3 is 6.03 Å². The van der Waals surface area contributed by atoms with Crippen molar-refractivity contribution in [2.45, 2.75) is 19.0 Å². The first-order valence-corrected chi connectivity index (χ1v) is 5.99. The Hall–Kier alpha value is -1.62. The second-order valence-electron chi connectivity index (χ2n) is 4.49. The van der Waals surface area contributed by atoms with Crippen molar-refractivity contribution in [2.75, 3.05) is 20.3 Å². The molecule has 2 amide bonds. The molecular formula is C13H17FN2O2. The summed E-state index contributed by atoms with van der Waals surface area (Å²) in [4.78, 5) is 13.4. The standard InChI is InChI=1S/C13H17FN2O2/c1-16(8-10-2-4-11(14)5-3-10)13(17)15-12-6-7-18-9-12/h2-5,12H,6-9H2,1H3,(H,15,17). The largest absolute Gasteiger partial charge is 0.379 e. The summed E-state index contributed by atoms with van der Waals surface area (Å²) in [5.41, 5.74) is 0.900. The van der Waals surface area contributed by atoms with Gasteiger partial charge in [-0.15, -0.1) is 0 Å². The molecule has 1 N–H and O–H groups in total. The molecule has 5 heteroatoms. The third kappa shape index (κ3) is 3.43. The van der Waals surface area contributed by atoms with Crippen LogP contribution in [-0.4, -0.2) is 37.2 Å². The van der Waals surface area contributed by atoms with Gasteiger partial charge in [-0.25, -0.2) is 9.18 Å². The Morgan fingerprint density at radius 1 is 1.50 bits per heavy atom. The number of nitrogens with one attached hydrogen (secondary N) is 1. The molecule has 1 aliphatic heterocycles. The van der Waals surface area contributed by atoms with Crippen LogP contribution in [-0.2, 0) is 11.3 Å². The number of halogens is 1. The normalized spacial score (nSPS) is 18.7. The van der Waals surface area contributed by atoms with Crippen LogP contribution in [0.4, 0.5) is 9.18 Å².